The molecule has 0 bridgehead atoms. The number of carbonyl (C=O) groups excluding carboxylic acids is 1. The molecule has 0 aliphatic heterocycles. The maximum atomic E-state index is 11.8. The fraction of sp³-hybridized carbons (Fsp3) is 0.364. The number of hydrogen-bond donors (Lipinski definition) is 0. The first-order chi connectivity index (χ1) is 8.24. The Kier molecular flexibility index (Phi) is 3.34. The molecule has 0 radical (unpaired) electrons. The molecule has 0 atom stereocenters. The van der Waals surface area contributed by atoms with Gasteiger partial charge in [0.1, 0.15) is 12.3 Å². The normalized spacial score (nSPS) is 10.7. The van der Waals surface area contributed by atoms with Gasteiger partial charge in [-0.1, -0.05) is 0 Å². The predicted molar refractivity (Wildman–Crippen MR) is 59.5 cm³/mol. The van der Waals surface area contributed by atoms with Crippen molar-refractivity contribution in [1.82, 2.24) is 14.5 Å². The van der Waals surface area contributed by atoms with E-state index in [-0.39, 0.29) is 18.1 Å². The largest absolute Gasteiger partial charge is 0.441 e. The van der Waals surface area contributed by atoms with Crippen molar-refractivity contribution >= 4 is 5.78 Å². The molecule has 0 aliphatic carbocycles. The summed E-state index contributed by atoms with van der Waals surface area (Å²) in [5, 5.41) is 0. The van der Waals surface area contributed by atoms with Gasteiger partial charge in [0.25, 0.3) is 0 Å². The first kappa shape index (κ1) is 11.5. The average Bonchev–Trinajstić information content (AvgIpc) is 2.93. The van der Waals surface area contributed by atoms with Gasteiger partial charge in [0, 0.05) is 13.7 Å². The fourth-order valence-corrected chi connectivity index (χ4v) is 1.47. The van der Waals surface area contributed by atoms with Gasteiger partial charge in [-0.3, -0.25) is 4.79 Å². The summed E-state index contributed by atoms with van der Waals surface area (Å²) in [6.07, 6.45) is 4.51. The molecule has 0 saturated carbocycles. The molecule has 0 aliphatic rings. The monoisotopic (exact) mass is 235 g/mol. The van der Waals surface area contributed by atoms with E-state index >= 15 is 0 Å². The minimum absolute atomic E-state index is 0.00782. The fourth-order valence-electron chi connectivity index (χ4n) is 1.47. The molecule has 0 amide bonds. The van der Waals surface area contributed by atoms with E-state index in [9.17, 15) is 4.79 Å². The van der Waals surface area contributed by atoms with Crippen LogP contribution in [-0.2, 0) is 11.8 Å². The average molecular weight is 235 g/mol. The van der Waals surface area contributed by atoms with Gasteiger partial charge in [-0.05, 0) is 6.92 Å². The maximum Gasteiger partial charge on any atom is 0.210 e. The summed E-state index contributed by atoms with van der Waals surface area (Å²) >= 11 is 0. The van der Waals surface area contributed by atoms with E-state index in [0.29, 0.717) is 18.1 Å². The Morgan fingerprint density at radius 2 is 2.41 bits per heavy atom. The minimum Gasteiger partial charge on any atom is -0.441 e. The highest BCUT2D eigenvalue weighted by Gasteiger charge is 2.20. The SMILES string of the molecule is CCOCC(=O)c1ncoc1-c1cncn1C. The standard InChI is InChI=1S/C11H13N3O3/c1-3-16-5-9(15)10-11(17-7-13-10)8-4-12-6-14(8)2/h4,6-7H,3,5H2,1-2H3. The zero-order valence-corrected chi connectivity index (χ0v) is 9.71. The third-order valence-electron chi connectivity index (χ3n) is 2.32. The van der Waals surface area contributed by atoms with Gasteiger partial charge in [-0.25, -0.2) is 9.97 Å². The van der Waals surface area contributed by atoms with Gasteiger partial charge in [-0.2, -0.15) is 0 Å². The lowest BCUT2D eigenvalue weighted by atomic mass is 10.2. The van der Waals surface area contributed by atoms with Crippen molar-refractivity contribution in [3.05, 3.63) is 24.6 Å². The molecule has 0 N–H and O–H groups in total. The highest BCUT2D eigenvalue weighted by atomic mass is 16.5. The molecule has 0 aromatic carbocycles. The Hall–Kier alpha value is -1.95. The summed E-state index contributed by atoms with van der Waals surface area (Å²) in [7, 11) is 1.82. The lowest BCUT2D eigenvalue weighted by molar-refractivity contribution is 0.0779. The second kappa shape index (κ2) is 4.92. The van der Waals surface area contributed by atoms with Crippen LogP contribution in [0.3, 0.4) is 0 Å². The highest BCUT2D eigenvalue weighted by Crippen LogP contribution is 2.22. The van der Waals surface area contributed by atoms with Crippen LogP contribution in [0.2, 0.25) is 0 Å². The van der Waals surface area contributed by atoms with Gasteiger partial charge >= 0.3 is 0 Å². The molecule has 6 heteroatoms. The smallest absolute Gasteiger partial charge is 0.210 e. The van der Waals surface area contributed by atoms with Crippen molar-refractivity contribution in [3.8, 4) is 11.5 Å². The first-order valence-electron chi connectivity index (χ1n) is 5.25. The Morgan fingerprint density at radius 1 is 1.59 bits per heavy atom. The highest BCUT2D eigenvalue weighted by molar-refractivity contribution is 5.99. The van der Waals surface area contributed by atoms with Crippen molar-refractivity contribution in [2.75, 3.05) is 13.2 Å². The van der Waals surface area contributed by atoms with Gasteiger partial charge < -0.3 is 13.7 Å². The van der Waals surface area contributed by atoms with E-state index in [2.05, 4.69) is 9.97 Å². The molecule has 2 rings (SSSR count). The number of nitrogens with zero attached hydrogens (tertiary/aromatic N) is 3. The van der Waals surface area contributed by atoms with Gasteiger partial charge in [0.05, 0.1) is 12.5 Å². The third-order valence-corrected chi connectivity index (χ3v) is 2.32. The number of aromatic nitrogens is 3. The Bertz CT molecular complexity index is 516. The van der Waals surface area contributed by atoms with Crippen LogP contribution in [0.4, 0.5) is 0 Å². The Labute approximate surface area is 98.2 Å². The lowest BCUT2D eigenvalue weighted by Crippen LogP contribution is -2.10. The van der Waals surface area contributed by atoms with Crippen LogP contribution < -0.4 is 0 Å². The predicted octanol–water partition coefficient (Wildman–Crippen LogP) is 1.29. The molecule has 0 spiro atoms. The van der Waals surface area contributed by atoms with Gasteiger partial charge in [0.2, 0.25) is 5.78 Å². The van der Waals surface area contributed by atoms with Crippen LogP contribution in [0.5, 0.6) is 0 Å². The zero-order valence-electron chi connectivity index (χ0n) is 9.71. The van der Waals surface area contributed by atoms with E-state index in [4.69, 9.17) is 9.15 Å². The molecule has 90 valence electrons. The molecule has 17 heavy (non-hydrogen) atoms. The van der Waals surface area contributed by atoms with E-state index < -0.39 is 0 Å². The summed E-state index contributed by atoms with van der Waals surface area (Å²) in [4.78, 5) is 19.7. The molecule has 6 nitrogen and oxygen atoms in total. The molecule has 2 aromatic rings. The van der Waals surface area contributed by atoms with Crippen molar-refractivity contribution < 1.29 is 13.9 Å². The first-order valence-corrected chi connectivity index (χ1v) is 5.25. The summed E-state index contributed by atoms with van der Waals surface area (Å²) in [6.45, 7) is 2.33. The number of aryl methyl sites for hydroxylation is 1. The number of rotatable bonds is 5. The van der Waals surface area contributed by atoms with Gasteiger partial charge in [-0.15, -0.1) is 0 Å². The number of imidazole rings is 1. The molecular formula is C11H13N3O3. The minimum atomic E-state index is -0.197. The second-order valence-corrected chi connectivity index (χ2v) is 3.48. The van der Waals surface area contributed by atoms with Crippen LogP contribution in [0.1, 0.15) is 17.4 Å². The van der Waals surface area contributed by atoms with Crippen molar-refractivity contribution in [2.24, 2.45) is 7.05 Å². The lowest BCUT2D eigenvalue weighted by Gasteiger charge is -2.01. The molecular weight excluding hydrogens is 222 g/mol. The topological polar surface area (TPSA) is 70.2 Å². The molecule has 0 unspecified atom stereocenters. The van der Waals surface area contributed by atoms with Gasteiger partial charge in [0.15, 0.2) is 17.8 Å². The molecule has 0 fully saturated rings. The third kappa shape index (κ3) is 2.26. The number of ketones is 1. The Balaban J connectivity index is 2.29. The van der Waals surface area contributed by atoms with E-state index in [1.807, 2.05) is 14.0 Å². The number of oxazole rings is 1. The summed E-state index contributed by atoms with van der Waals surface area (Å²) in [6, 6.07) is 0. The van der Waals surface area contributed by atoms with E-state index in [0.717, 1.165) is 0 Å². The summed E-state index contributed by atoms with van der Waals surface area (Å²) < 4.78 is 12.1. The zero-order chi connectivity index (χ0) is 12.3. The van der Waals surface area contributed by atoms with Crippen LogP contribution in [0.25, 0.3) is 11.5 Å². The second-order valence-electron chi connectivity index (χ2n) is 3.48. The number of carbonyl (C=O) groups is 1. The van der Waals surface area contributed by atoms with Crippen LogP contribution in [0, 0.1) is 0 Å². The van der Waals surface area contributed by atoms with E-state index in [1.165, 1.54) is 6.39 Å². The molecule has 0 saturated heterocycles. The summed E-state index contributed by atoms with van der Waals surface area (Å²) in [5.41, 5.74) is 0.990. The number of hydrogen-bond acceptors (Lipinski definition) is 5. The van der Waals surface area contributed by atoms with E-state index in [1.54, 1.807) is 17.1 Å². The molecule has 2 heterocycles. The van der Waals surface area contributed by atoms with Crippen LogP contribution in [-0.4, -0.2) is 33.5 Å². The van der Waals surface area contributed by atoms with Crippen molar-refractivity contribution in [2.45, 2.75) is 6.92 Å². The molecule has 2 aromatic heterocycles. The number of ether oxygens (including phenoxy) is 1. The maximum absolute atomic E-state index is 11.8. The van der Waals surface area contributed by atoms with Crippen molar-refractivity contribution in [1.29, 1.82) is 0 Å². The van der Waals surface area contributed by atoms with Crippen LogP contribution >= 0.6 is 0 Å². The van der Waals surface area contributed by atoms with Crippen LogP contribution in [0.15, 0.2) is 23.3 Å². The summed E-state index contributed by atoms with van der Waals surface area (Å²) in [5.74, 6) is 0.228. The Morgan fingerprint density at radius 3 is 3.06 bits per heavy atom. The quantitative estimate of drug-likeness (QED) is 0.730. The van der Waals surface area contributed by atoms with Crippen molar-refractivity contribution in [3.63, 3.8) is 0 Å². The number of Topliss-reactive ketones (excluding diaryl/α,β-unsaturated/α-hetero) is 1.